The fraction of sp³-hybridized carbons (Fsp3) is 0.458. The van der Waals surface area contributed by atoms with Crippen LogP contribution in [0.1, 0.15) is 54.7 Å². The maximum atomic E-state index is 13.0. The minimum atomic E-state index is -0.453. The zero-order valence-electron chi connectivity index (χ0n) is 16.8. The first kappa shape index (κ1) is 20.7. The summed E-state index contributed by atoms with van der Waals surface area (Å²) in [5.74, 6) is 0.326. The summed E-state index contributed by atoms with van der Waals surface area (Å²) in [6.45, 7) is 4.07. The topological polar surface area (TPSA) is 49.3 Å². The Kier molecular flexibility index (Phi) is 5.67. The van der Waals surface area contributed by atoms with E-state index in [1.807, 2.05) is 25.1 Å². The van der Waals surface area contributed by atoms with E-state index in [2.05, 4.69) is 36.5 Å². The zero-order chi connectivity index (χ0) is 20.8. The summed E-state index contributed by atoms with van der Waals surface area (Å²) in [6, 6.07) is 13.9. The Bertz CT molecular complexity index is 914. The van der Waals surface area contributed by atoms with Gasteiger partial charge in [-0.15, -0.1) is 0 Å². The van der Waals surface area contributed by atoms with Gasteiger partial charge in [0.05, 0.1) is 18.1 Å². The molecule has 2 N–H and O–H groups in total. The Balaban J connectivity index is 1.88. The Hall–Kier alpha value is -1.55. The molecule has 2 aromatic rings. The summed E-state index contributed by atoms with van der Waals surface area (Å²) in [5.41, 5.74) is 2.95. The number of aliphatic hydroxyl groups excluding tert-OH is 1. The number of aliphatic hydroxyl groups is 1. The number of aryl methyl sites for hydroxylation is 1. The van der Waals surface area contributed by atoms with E-state index in [0.29, 0.717) is 5.02 Å². The molecule has 0 spiro atoms. The third kappa shape index (κ3) is 3.37. The fourth-order valence-corrected chi connectivity index (χ4v) is 6.30. The van der Waals surface area contributed by atoms with Gasteiger partial charge in [0.1, 0.15) is 0 Å². The lowest BCUT2D eigenvalue weighted by molar-refractivity contribution is -0.131. The minimum absolute atomic E-state index is 0.00213. The van der Waals surface area contributed by atoms with Crippen molar-refractivity contribution < 1.29 is 9.90 Å². The molecule has 2 aromatic carbocycles. The Morgan fingerprint density at radius 1 is 1.17 bits per heavy atom. The van der Waals surface area contributed by atoms with Crippen molar-refractivity contribution in [2.75, 3.05) is 6.61 Å². The van der Waals surface area contributed by atoms with Gasteiger partial charge in [0.2, 0.25) is 5.91 Å². The third-order valence-electron chi connectivity index (χ3n) is 7.20. The van der Waals surface area contributed by atoms with E-state index in [9.17, 15) is 9.90 Å². The van der Waals surface area contributed by atoms with Crippen molar-refractivity contribution in [1.29, 1.82) is 0 Å². The van der Waals surface area contributed by atoms with Crippen molar-refractivity contribution in [1.82, 2.24) is 5.32 Å². The van der Waals surface area contributed by atoms with Gasteiger partial charge < -0.3 is 10.4 Å². The van der Waals surface area contributed by atoms with Crippen LogP contribution in [-0.4, -0.2) is 23.7 Å². The van der Waals surface area contributed by atoms with Gasteiger partial charge >= 0.3 is 0 Å². The molecule has 1 aliphatic heterocycles. The van der Waals surface area contributed by atoms with E-state index in [1.54, 1.807) is 0 Å². The number of hydrogen-bond acceptors (Lipinski definition) is 2. The van der Waals surface area contributed by atoms with Crippen LogP contribution in [0.5, 0.6) is 0 Å². The van der Waals surface area contributed by atoms with Crippen LogP contribution in [0.25, 0.3) is 0 Å². The van der Waals surface area contributed by atoms with Crippen LogP contribution in [0.2, 0.25) is 10.0 Å². The van der Waals surface area contributed by atoms with Crippen LogP contribution in [0.3, 0.4) is 0 Å². The molecule has 1 heterocycles. The second kappa shape index (κ2) is 7.94. The van der Waals surface area contributed by atoms with Gasteiger partial charge in [0, 0.05) is 16.0 Å². The normalized spacial score (nSPS) is 31.4. The lowest BCUT2D eigenvalue weighted by Crippen LogP contribution is -2.45. The molecule has 2 aliphatic rings. The molecule has 5 heteroatoms. The van der Waals surface area contributed by atoms with Gasteiger partial charge in [0.15, 0.2) is 0 Å². The van der Waals surface area contributed by atoms with Gasteiger partial charge in [-0.05, 0) is 72.9 Å². The first-order chi connectivity index (χ1) is 13.9. The standard InChI is InChI=1S/C24H27Cl2NO2/c1-3-24-11-10-18(17-9-4-14(2)12-19(17)26)21(15-5-7-16(25)8-6-15)22(24)20(13-28)27-23(24)29/h4-9,12,18,20-22,28H,3,10-11,13H2,1-2H3,(H,27,29)/t18-,20+,21+,22-,24+/m0/s1. The second-order valence-corrected chi connectivity index (χ2v) is 9.39. The first-order valence-corrected chi connectivity index (χ1v) is 11.1. The van der Waals surface area contributed by atoms with E-state index in [4.69, 9.17) is 23.2 Å². The molecule has 0 unspecified atom stereocenters. The van der Waals surface area contributed by atoms with Crippen LogP contribution in [0.15, 0.2) is 42.5 Å². The Labute approximate surface area is 182 Å². The van der Waals surface area contributed by atoms with Gasteiger partial charge in [-0.2, -0.15) is 0 Å². The molecule has 0 radical (unpaired) electrons. The average Bonchev–Trinajstić information content (AvgIpc) is 3.00. The molecule has 1 aliphatic carbocycles. The molecule has 29 heavy (non-hydrogen) atoms. The van der Waals surface area contributed by atoms with Gasteiger partial charge in [-0.3, -0.25) is 4.79 Å². The number of halogens is 2. The molecular weight excluding hydrogens is 405 g/mol. The number of carbonyl (C=O) groups excluding carboxylic acids is 1. The predicted octanol–water partition coefficient (Wildman–Crippen LogP) is 5.47. The SMILES string of the molecule is CC[C@@]12CC[C@@H](c3ccc(C)cc3Cl)[C@@H](c3ccc(Cl)cc3)[C@@H]1[C@@H](CO)NC2=O. The number of hydrogen-bond donors (Lipinski definition) is 2. The van der Waals surface area contributed by atoms with Crippen molar-refractivity contribution >= 4 is 29.1 Å². The number of rotatable bonds is 4. The molecule has 2 fully saturated rings. The first-order valence-electron chi connectivity index (χ1n) is 10.3. The number of carbonyl (C=O) groups is 1. The van der Waals surface area contributed by atoms with E-state index < -0.39 is 5.41 Å². The molecule has 1 saturated heterocycles. The van der Waals surface area contributed by atoms with Crippen LogP contribution < -0.4 is 5.32 Å². The number of nitrogens with one attached hydrogen (secondary N) is 1. The average molecular weight is 432 g/mol. The molecule has 5 atom stereocenters. The molecule has 0 aromatic heterocycles. The van der Waals surface area contributed by atoms with E-state index >= 15 is 0 Å². The highest BCUT2D eigenvalue weighted by Gasteiger charge is 2.60. The van der Waals surface area contributed by atoms with Gasteiger partial charge in [0.25, 0.3) is 0 Å². The van der Waals surface area contributed by atoms with E-state index in [-0.39, 0.29) is 36.3 Å². The third-order valence-corrected chi connectivity index (χ3v) is 7.78. The highest BCUT2D eigenvalue weighted by Crippen LogP contribution is 2.60. The van der Waals surface area contributed by atoms with Crippen molar-refractivity contribution in [2.24, 2.45) is 11.3 Å². The largest absolute Gasteiger partial charge is 0.394 e. The van der Waals surface area contributed by atoms with Crippen molar-refractivity contribution in [3.63, 3.8) is 0 Å². The fourth-order valence-electron chi connectivity index (χ4n) is 5.79. The molecular formula is C24H27Cl2NO2. The number of fused-ring (bicyclic) bond motifs is 1. The monoisotopic (exact) mass is 431 g/mol. The van der Waals surface area contributed by atoms with E-state index in [1.165, 1.54) is 0 Å². The molecule has 154 valence electrons. The smallest absolute Gasteiger partial charge is 0.226 e. The van der Waals surface area contributed by atoms with Crippen LogP contribution in [0, 0.1) is 18.3 Å². The van der Waals surface area contributed by atoms with Crippen LogP contribution in [-0.2, 0) is 4.79 Å². The zero-order valence-corrected chi connectivity index (χ0v) is 18.3. The summed E-state index contributed by atoms with van der Waals surface area (Å²) in [5, 5.41) is 14.7. The van der Waals surface area contributed by atoms with Crippen molar-refractivity contribution in [3.05, 3.63) is 69.2 Å². The maximum Gasteiger partial charge on any atom is 0.226 e. The second-order valence-electron chi connectivity index (χ2n) is 8.55. The predicted molar refractivity (Wildman–Crippen MR) is 118 cm³/mol. The maximum absolute atomic E-state index is 13.0. The lowest BCUT2D eigenvalue weighted by atomic mass is 9.54. The van der Waals surface area contributed by atoms with Gasteiger partial charge in [-0.25, -0.2) is 0 Å². The summed E-state index contributed by atoms with van der Waals surface area (Å²) < 4.78 is 0. The molecule has 1 saturated carbocycles. The summed E-state index contributed by atoms with van der Waals surface area (Å²) in [6.07, 6.45) is 2.44. The highest BCUT2D eigenvalue weighted by atomic mass is 35.5. The lowest BCUT2D eigenvalue weighted by Gasteiger charge is -2.47. The number of amides is 1. The Morgan fingerprint density at radius 3 is 2.52 bits per heavy atom. The number of benzene rings is 2. The van der Waals surface area contributed by atoms with Crippen LogP contribution >= 0.6 is 23.2 Å². The molecule has 4 rings (SSSR count). The summed E-state index contributed by atoms with van der Waals surface area (Å²) in [4.78, 5) is 13.0. The quantitative estimate of drug-likeness (QED) is 0.674. The summed E-state index contributed by atoms with van der Waals surface area (Å²) >= 11 is 12.9. The Morgan fingerprint density at radius 2 is 1.90 bits per heavy atom. The highest BCUT2D eigenvalue weighted by molar-refractivity contribution is 6.31. The molecule has 3 nitrogen and oxygen atoms in total. The van der Waals surface area contributed by atoms with Gasteiger partial charge in [-0.1, -0.05) is 54.4 Å². The van der Waals surface area contributed by atoms with Crippen LogP contribution in [0.4, 0.5) is 0 Å². The molecule has 0 bridgehead atoms. The van der Waals surface area contributed by atoms with Crippen molar-refractivity contribution in [3.8, 4) is 0 Å². The summed E-state index contributed by atoms with van der Waals surface area (Å²) in [7, 11) is 0. The molecule has 1 amide bonds. The van der Waals surface area contributed by atoms with Crippen molar-refractivity contribution in [2.45, 2.75) is 51.0 Å². The minimum Gasteiger partial charge on any atom is -0.394 e. The van der Waals surface area contributed by atoms with E-state index in [0.717, 1.165) is 41.0 Å².